The minimum atomic E-state index is -0.700. The molecular weight excluding hydrogens is 756 g/mol. The molecule has 0 fully saturated rings. The van der Waals surface area contributed by atoms with Crippen LogP contribution in [-0.2, 0) is 38.2 Å². The first-order chi connectivity index (χ1) is 23.3. The van der Waals surface area contributed by atoms with Crippen LogP contribution in [0.3, 0.4) is 0 Å². The third-order valence-corrected chi connectivity index (χ3v) is 8.31. The van der Waals surface area contributed by atoms with E-state index in [0.717, 1.165) is 38.5 Å². The number of unbranched alkanes of at least 4 members (excludes halogenated alkanes) is 11. The van der Waals surface area contributed by atoms with E-state index < -0.39 is 12.0 Å². The Morgan fingerprint density at radius 1 is 0.500 bits per heavy atom. The van der Waals surface area contributed by atoms with Gasteiger partial charge in [-0.25, -0.2) is 0 Å². The Balaban J connectivity index is 3.54. The average Bonchev–Trinajstić information content (AvgIpc) is 3.07. The van der Waals surface area contributed by atoms with Gasteiger partial charge < -0.3 is 40.6 Å². The van der Waals surface area contributed by atoms with E-state index in [1.54, 1.807) is 0 Å². The van der Waals surface area contributed by atoms with Crippen LogP contribution in [0.25, 0.3) is 0 Å². The second-order valence-corrected chi connectivity index (χ2v) is 12.6. The normalized spacial score (nSPS) is 11.5. The average molecular weight is 817 g/mol. The first-order valence-corrected chi connectivity index (χ1v) is 19.7. The summed E-state index contributed by atoms with van der Waals surface area (Å²) >= 11 is 6.15. The summed E-state index contributed by atoms with van der Waals surface area (Å²) in [6.07, 6.45) is 15.2. The zero-order valence-electron chi connectivity index (χ0n) is 28.6. The molecule has 1 atom stereocenters. The van der Waals surface area contributed by atoms with Crippen molar-refractivity contribution in [3.63, 3.8) is 0 Å². The molecule has 0 saturated carbocycles. The number of hydrogen-bond donors (Lipinski definition) is 5. The molecule has 0 radical (unpaired) electrons. The minimum Gasteiger partial charge on any atom is -0.481 e. The molecule has 0 rings (SSSR count). The molecule has 5 N–H and O–H groups in total. The number of carboxylic acid groups (broad SMARTS) is 1. The Labute approximate surface area is 303 Å². The zero-order valence-corrected chi connectivity index (χ0v) is 31.8. The Hall–Kier alpha value is -1.81. The molecule has 0 saturated heterocycles. The summed E-state index contributed by atoms with van der Waals surface area (Å²) < 4.78 is 16.4. The molecule has 0 unspecified atom stereocenters. The van der Waals surface area contributed by atoms with Gasteiger partial charge >= 0.3 is 5.97 Å². The maximum atomic E-state index is 12.5. The third kappa shape index (κ3) is 32.7. The summed E-state index contributed by atoms with van der Waals surface area (Å²) in [4.78, 5) is 58.0. The van der Waals surface area contributed by atoms with Crippen LogP contribution in [0.4, 0.5) is 0 Å². The number of aliphatic carboxylic acids is 1. The number of carboxylic acids is 1. The fourth-order valence-electron chi connectivity index (χ4n) is 4.68. The van der Waals surface area contributed by atoms with Crippen molar-refractivity contribution in [1.82, 2.24) is 21.3 Å². The largest absolute Gasteiger partial charge is 0.481 e. The van der Waals surface area contributed by atoms with Gasteiger partial charge in [0.05, 0.1) is 50.3 Å². The van der Waals surface area contributed by atoms with E-state index in [1.807, 2.05) is 0 Å². The number of halogens is 2. The Bertz CT molecular complexity index is 856. The third-order valence-electron chi connectivity index (χ3n) is 7.29. The molecule has 48 heavy (non-hydrogen) atoms. The van der Waals surface area contributed by atoms with Crippen molar-refractivity contribution >= 4 is 61.5 Å². The first kappa shape index (κ1) is 46.2. The maximum absolute atomic E-state index is 12.5. The van der Waals surface area contributed by atoms with Gasteiger partial charge in [0.25, 0.3) is 0 Å². The van der Waals surface area contributed by atoms with Crippen molar-refractivity contribution in [2.24, 2.45) is 0 Å². The predicted molar refractivity (Wildman–Crippen MR) is 193 cm³/mol. The molecular formula is C33H60Br2N4O9. The van der Waals surface area contributed by atoms with Crippen LogP contribution in [-0.4, -0.2) is 111 Å². The Kier molecular flexibility index (Phi) is 33.7. The van der Waals surface area contributed by atoms with Crippen LogP contribution in [0, 0.1) is 0 Å². The minimum absolute atomic E-state index is 0.0571. The number of carbonyl (C=O) groups excluding carboxylic acids is 4. The van der Waals surface area contributed by atoms with E-state index in [4.69, 9.17) is 19.3 Å². The first-order valence-electron chi connectivity index (χ1n) is 17.5. The lowest BCUT2D eigenvalue weighted by Gasteiger charge is -2.18. The number of hydrogen-bond acceptors (Lipinski definition) is 8. The highest BCUT2D eigenvalue weighted by Gasteiger charge is 2.19. The van der Waals surface area contributed by atoms with E-state index in [-0.39, 0.29) is 47.3 Å². The van der Waals surface area contributed by atoms with Crippen LogP contribution in [0.1, 0.15) is 103 Å². The molecule has 0 aromatic rings. The van der Waals surface area contributed by atoms with E-state index >= 15 is 0 Å². The monoisotopic (exact) mass is 814 g/mol. The number of ether oxygens (including phenoxy) is 3. The predicted octanol–water partition coefficient (Wildman–Crippen LogP) is 3.99. The van der Waals surface area contributed by atoms with Crippen molar-refractivity contribution in [2.75, 3.05) is 69.9 Å². The van der Waals surface area contributed by atoms with Gasteiger partial charge in [0.2, 0.25) is 23.6 Å². The molecule has 15 heteroatoms. The second kappa shape index (κ2) is 35.0. The summed E-state index contributed by atoms with van der Waals surface area (Å²) in [5.41, 5.74) is 0. The fraction of sp³-hybridized carbons (Fsp3) is 0.848. The summed E-state index contributed by atoms with van der Waals surface area (Å²) in [7, 11) is 0. The SMILES string of the molecule is O=C(O)CCCCCCCCCCCCCCC(=O)NCCOCCOCCOCCNC(=O)[C@H](CCCNC(=O)CBr)NC(=O)CBr. The van der Waals surface area contributed by atoms with E-state index in [1.165, 1.54) is 38.5 Å². The van der Waals surface area contributed by atoms with Crippen molar-refractivity contribution in [3.8, 4) is 0 Å². The highest BCUT2D eigenvalue weighted by Crippen LogP contribution is 2.13. The van der Waals surface area contributed by atoms with Gasteiger partial charge in [-0.3, -0.25) is 24.0 Å². The highest BCUT2D eigenvalue weighted by atomic mass is 79.9. The topological polar surface area (TPSA) is 181 Å². The summed E-state index contributed by atoms with van der Waals surface area (Å²) in [6, 6.07) is -0.698. The molecule has 0 bridgehead atoms. The van der Waals surface area contributed by atoms with Gasteiger partial charge in [-0.15, -0.1) is 0 Å². The fourth-order valence-corrected chi connectivity index (χ4v) is 5.04. The summed E-state index contributed by atoms with van der Waals surface area (Å²) in [5, 5.41) is 20.0. The molecule has 0 spiro atoms. The number of nitrogens with one attached hydrogen (secondary N) is 4. The van der Waals surface area contributed by atoms with Gasteiger partial charge in [-0.05, 0) is 25.7 Å². The lowest BCUT2D eigenvalue weighted by molar-refractivity contribution is -0.137. The van der Waals surface area contributed by atoms with Gasteiger partial charge in [-0.1, -0.05) is 96.1 Å². The van der Waals surface area contributed by atoms with Crippen molar-refractivity contribution in [2.45, 2.75) is 109 Å². The Morgan fingerprint density at radius 3 is 1.44 bits per heavy atom. The van der Waals surface area contributed by atoms with Gasteiger partial charge in [0.1, 0.15) is 6.04 Å². The molecule has 0 aromatic heterocycles. The quantitative estimate of drug-likeness (QED) is 0.0467. The maximum Gasteiger partial charge on any atom is 0.303 e. The van der Waals surface area contributed by atoms with Gasteiger partial charge in [-0.2, -0.15) is 0 Å². The van der Waals surface area contributed by atoms with E-state index in [0.29, 0.717) is 72.0 Å². The molecule has 0 aliphatic carbocycles. The Morgan fingerprint density at radius 2 is 0.938 bits per heavy atom. The highest BCUT2D eigenvalue weighted by molar-refractivity contribution is 9.09. The second-order valence-electron chi connectivity index (χ2n) is 11.5. The van der Waals surface area contributed by atoms with E-state index in [2.05, 4.69) is 53.1 Å². The van der Waals surface area contributed by atoms with Crippen LogP contribution in [0.2, 0.25) is 0 Å². The summed E-state index contributed by atoms with van der Waals surface area (Å²) in [6.45, 7) is 3.47. The number of carbonyl (C=O) groups is 5. The van der Waals surface area contributed by atoms with Crippen LogP contribution < -0.4 is 21.3 Å². The van der Waals surface area contributed by atoms with Crippen LogP contribution in [0.5, 0.6) is 0 Å². The smallest absolute Gasteiger partial charge is 0.303 e. The lowest BCUT2D eigenvalue weighted by Crippen LogP contribution is -2.48. The number of rotatable bonds is 35. The van der Waals surface area contributed by atoms with Crippen LogP contribution in [0.15, 0.2) is 0 Å². The lowest BCUT2D eigenvalue weighted by atomic mass is 10.0. The van der Waals surface area contributed by atoms with Crippen molar-refractivity contribution in [3.05, 3.63) is 0 Å². The van der Waals surface area contributed by atoms with E-state index in [9.17, 15) is 24.0 Å². The number of alkyl halides is 2. The molecule has 0 heterocycles. The molecule has 0 aromatic carbocycles. The molecule has 0 aliphatic heterocycles. The number of amides is 4. The van der Waals surface area contributed by atoms with Crippen molar-refractivity contribution in [1.29, 1.82) is 0 Å². The molecule has 4 amide bonds. The van der Waals surface area contributed by atoms with Gasteiger partial charge in [0, 0.05) is 32.5 Å². The zero-order chi connectivity index (χ0) is 35.5. The molecule has 280 valence electrons. The van der Waals surface area contributed by atoms with Crippen LogP contribution >= 0.6 is 31.9 Å². The molecule has 0 aliphatic rings. The standard InChI is InChI=1S/C33H60Br2N4O9/c34-26-30(41)36-17-13-14-28(39-31(42)27-35)33(45)38-19-21-47-23-25-48-24-22-46-20-18-37-29(40)15-11-9-7-5-3-1-2-4-6-8-10-12-16-32(43)44/h28H,1-27H2,(H,36,41)(H,37,40)(H,38,45)(H,39,42)(H,43,44)/t28-/m0/s1. The van der Waals surface area contributed by atoms with Crippen molar-refractivity contribution < 1.29 is 43.3 Å². The summed E-state index contributed by atoms with van der Waals surface area (Å²) in [5.74, 6) is -1.38. The van der Waals surface area contributed by atoms with Gasteiger partial charge in [0.15, 0.2) is 0 Å². The molecule has 13 nitrogen and oxygen atoms in total.